The third kappa shape index (κ3) is 6.29. The maximum Gasteiger partial charge on any atom is 0.322 e. The average Bonchev–Trinajstić information content (AvgIpc) is 3.33. The molecule has 1 aliphatic carbocycles. The SMILES string of the molecule is O=C(CC1NC(=O)NC1=O)NC(Cc1cc(F)cc(F)c1)C(O)CNC1(c2cccc(-n3cccn3)c2)CC1. The number of urea groups is 1. The second kappa shape index (κ2) is 10.9. The van der Waals surface area contributed by atoms with Crippen LogP contribution in [0.25, 0.3) is 5.69 Å². The topological polar surface area (TPSA) is 137 Å². The second-order valence-electron chi connectivity index (χ2n) is 9.91. The third-order valence-corrected chi connectivity index (χ3v) is 7.00. The van der Waals surface area contributed by atoms with E-state index in [1.54, 1.807) is 10.9 Å². The minimum atomic E-state index is -1.14. The quantitative estimate of drug-likeness (QED) is 0.234. The maximum atomic E-state index is 13.8. The summed E-state index contributed by atoms with van der Waals surface area (Å²) in [6.45, 7) is 0.0788. The van der Waals surface area contributed by atoms with Gasteiger partial charge in [0.25, 0.3) is 5.91 Å². The van der Waals surface area contributed by atoms with Gasteiger partial charge in [0.05, 0.1) is 24.3 Å². The van der Waals surface area contributed by atoms with Crippen molar-refractivity contribution in [3.8, 4) is 5.69 Å². The molecule has 1 saturated carbocycles. The number of rotatable bonds is 11. The van der Waals surface area contributed by atoms with Gasteiger partial charge in [-0.2, -0.15) is 5.10 Å². The van der Waals surface area contributed by atoms with Crippen molar-refractivity contribution in [3.05, 3.63) is 83.7 Å². The highest BCUT2D eigenvalue weighted by molar-refractivity contribution is 6.05. The van der Waals surface area contributed by atoms with Gasteiger partial charge in [-0.1, -0.05) is 12.1 Å². The van der Waals surface area contributed by atoms with Gasteiger partial charge in [-0.3, -0.25) is 14.9 Å². The lowest BCUT2D eigenvalue weighted by Crippen LogP contribution is -2.51. The molecule has 3 unspecified atom stereocenters. The molecule has 0 spiro atoms. The number of nitrogens with one attached hydrogen (secondary N) is 4. The van der Waals surface area contributed by atoms with E-state index in [0.717, 1.165) is 42.3 Å². The van der Waals surface area contributed by atoms with Crippen LogP contribution in [-0.4, -0.2) is 57.5 Å². The third-order valence-electron chi connectivity index (χ3n) is 7.00. The van der Waals surface area contributed by atoms with Gasteiger partial charge in [-0.15, -0.1) is 0 Å². The number of aliphatic hydroxyl groups is 1. The minimum Gasteiger partial charge on any atom is -0.390 e. The van der Waals surface area contributed by atoms with E-state index in [0.29, 0.717) is 0 Å². The van der Waals surface area contributed by atoms with E-state index < -0.39 is 47.7 Å². The fourth-order valence-electron chi connectivity index (χ4n) is 4.82. The molecule has 4 amide bonds. The molecular weight excluding hydrogens is 510 g/mol. The monoisotopic (exact) mass is 538 g/mol. The molecule has 1 aromatic heterocycles. The summed E-state index contributed by atoms with van der Waals surface area (Å²) in [6.07, 6.45) is 3.66. The van der Waals surface area contributed by atoms with Gasteiger partial charge in [-0.05, 0) is 60.7 Å². The van der Waals surface area contributed by atoms with Gasteiger partial charge in [-0.25, -0.2) is 18.3 Å². The summed E-state index contributed by atoms with van der Waals surface area (Å²) in [6, 6.07) is 10.1. The first-order chi connectivity index (χ1) is 18.7. The summed E-state index contributed by atoms with van der Waals surface area (Å²) >= 11 is 0. The summed E-state index contributed by atoms with van der Waals surface area (Å²) in [4.78, 5) is 36.0. The molecule has 12 heteroatoms. The predicted octanol–water partition coefficient (Wildman–Crippen LogP) is 1.42. The largest absolute Gasteiger partial charge is 0.390 e. The fourth-order valence-corrected chi connectivity index (χ4v) is 4.82. The number of nitrogens with zero attached hydrogens (tertiary/aromatic N) is 2. The van der Waals surface area contributed by atoms with Crippen LogP contribution in [0, 0.1) is 11.6 Å². The normalized spacial score (nSPS) is 19.2. The van der Waals surface area contributed by atoms with Crippen LogP contribution in [-0.2, 0) is 21.5 Å². The van der Waals surface area contributed by atoms with Crippen LogP contribution in [0.2, 0.25) is 0 Å². The highest BCUT2D eigenvalue weighted by Crippen LogP contribution is 2.45. The minimum absolute atomic E-state index is 0.0612. The van der Waals surface area contributed by atoms with Crippen LogP contribution in [0.15, 0.2) is 60.9 Å². The van der Waals surface area contributed by atoms with Crippen molar-refractivity contribution in [2.45, 2.75) is 49.4 Å². The number of carbonyl (C=O) groups excluding carboxylic acids is 3. The molecule has 204 valence electrons. The number of hydrogen-bond donors (Lipinski definition) is 5. The zero-order chi connectivity index (χ0) is 27.6. The Morgan fingerprint density at radius 2 is 1.92 bits per heavy atom. The zero-order valence-electron chi connectivity index (χ0n) is 20.9. The van der Waals surface area contributed by atoms with E-state index in [-0.39, 0.29) is 30.5 Å². The van der Waals surface area contributed by atoms with Crippen molar-refractivity contribution >= 4 is 17.8 Å². The van der Waals surface area contributed by atoms with Crippen LogP contribution in [0.1, 0.15) is 30.4 Å². The fraction of sp³-hybridized carbons (Fsp3) is 0.333. The molecule has 2 heterocycles. The number of benzene rings is 2. The zero-order valence-corrected chi connectivity index (χ0v) is 20.9. The lowest BCUT2D eigenvalue weighted by molar-refractivity contribution is -0.127. The van der Waals surface area contributed by atoms with Crippen molar-refractivity contribution in [2.24, 2.45) is 0 Å². The predicted molar refractivity (Wildman–Crippen MR) is 136 cm³/mol. The van der Waals surface area contributed by atoms with E-state index in [9.17, 15) is 28.3 Å². The van der Waals surface area contributed by atoms with Crippen molar-refractivity contribution < 1.29 is 28.3 Å². The molecule has 1 saturated heterocycles. The second-order valence-corrected chi connectivity index (χ2v) is 9.91. The van der Waals surface area contributed by atoms with E-state index >= 15 is 0 Å². The Labute approximate surface area is 222 Å². The summed E-state index contributed by atoms with van der Waals surface area (Å²) in [5.74, 6) is -2.79. The van der Waals surface area contributed by atoms with Gasteiger partial charge in [0.2, 0.25) is 5.91 Å². The Morgan fingerprint density at radius 1 is 1.15 bits per heavy atom. The molecule has 5 rings (SSSR count). The smallest absolute Gasteiger partial charge is 0.322 e. The van der Waals surface area contributed by atoms with Crippen LogP contribution < -0.4 is 21.3 Å². The highest BCUT2D eigenvalue weighted by atomic mass is 19.1. The molecule has 3 aromatic rings. The first kappa shape index (κ1) is 26.4. The summed E-state index contributed by atoms with van der Waals surface area (Å²) in [7, 11) is 0. The lowest BCUT2D eigenvalue weighted by atomic mass is 9.98. The Bertz CT molecular complexity index is 1360. The summed E-state index contributed by atoms with van der Waals surface area (Å²) in [5.41, 5.74) is 1.80. The standard InChI is InChI=1S/C27H28F2N6O4/c28-18-9-16(10-19(29)13-18)11-21(32-24(37)14-22-25(38)34-26(39)33-22)23(36)15-30-27(5-6-27)17-3-1-4-20(12-17)35-8-2-7-31-35/h1-4,7-10,12-13,21-23,30,36H,5-6,11,14-15H2,(H,32,37)(H2,33,34,38,39). The van der Waals surface area contributed by atoms with Gasteiger partial charge in [0, 0.05) is 30.5 Å². The summed E-state index contributed by atoms with van der Waals surface area (Å²) < 4.78 is 29.4. The molecule has 5 N–H and O–H groups in total. The van der Waals surface area contributed by atoms with E-state index in [2.05, 4.69) is 26.4 Å². The highest BCUT2D eigenvalue weighted by Gasteiger charge is 2.44. The number of amides is 4. The van der Waals surface area contributed by atoms with E-state index in [1.165, 1.54) is 0 Å². The first-order valence-electron chi connectivity index (χ1n) is 12.6. The Balaban J connectivity index is 1.28. The van der Waals surface area contributed by atoms with Crippen molar-refractivity contribution in [2.75, 3.05) is 6.54 Å². The van der Waals surface area contributed by atoms with E-state index in [1.807, 2.05) is 36.5 Å². The van der Waals surface area contributed by atoms with Crippen molar-refractivity contribution in [3.63, 3.8) is 0 Å². The number of imide groups is 1. The number of halogens is 2. The van der Waals surface area contributed by atoms with Gasteiger partial charge < -0.3 is 21.1 Å². The Morgan fingerprint density at radius 3 is 2.56 bits per heavy atom. The molecule has 39 heavy (non-hydrogen) atoms. The average molecular weight is 539 g/mol. The first-order valence-corrected chi connectivity index (χ1v) is 12.6. The molecule has 2 aromatic carbocycles. The van der Waals surface area contributed by atoms with Crippen molar-refractivity contribution in [1.29, 1.82) is 0 Å². The molecule has 3 atom stereocenters. The number of carbonyl (C=O) groups is 3. The lowest BCUT2D eigenvalue weighted by Gasteiger charge is -2.28. The number of hydrogen-bond acceptors (Lipinski definition) is 6. The molecule has 2 aliphatic rings. The Hall–Kier alpha value is -4.16. The molecular formula is C27H28F2N6O4. The van der Waals surface area contributed by atoms with E-state index in [4.69, 9.17) is 0 Å². The van der Waals surface area contributed by atoms with Crippen LogP contribution in [0.3, 0.4) is 0 Å². The number of aromatic nitrogens is 2. The molecule has 0 bridgehead atoms. The van der Waals surface area contributed by atoms with Gasteiger partial charge in [0.1, 0.15) is 17.7 Å². The van der Waals surface area contributed by atoms with Gasteiger partial charge >= 0.3 is 6.03 Å². The Kier molecular flexibility index (Phi) is 7.40. The van der Waals surface area contributed by atoms with Crippen LogP contribution >= 0.6 is 0 Å². The van der Waals surface area contributed by atoms with Crippen molar-refractivity contribution in [1.82, 2.24) is 31.0 Å². The molecule has 1 aliphatic heterocycles. The molecule has 10 nitrogen and oxygen atoms in total. The van der Waals surface area contributed by atoms with Gasteiger partial charge in [0.15, 0.2) is 0 Å². The van der Waals surface area contributed by atoms with Crippen LogP contribution in [0.4, 0.5) is 13.6 Å². The molecule has 2 fully saturated rings. The molecule has 0 radical (unpaired) electrons. The number of aliphatic hydroxyl groups excluding tert-OH is 1. The van der Waals surface area contributed by atoms with Crippen LogP contribution in [0.5, 0.6) is 0 Å². The maximum absolute atomic E-state index is 13.8. The summed E-state index contributed by atoms with van der Waals surface area (Å²) in [5, 5.41) is 25.9.